The Labute approximate surface area is 120 Å². The SMILES string of the molecule is CC1CN(C(=O)Nc2ccc(Br)cc2F)CC(C)O1. The maximum absolute atomic E-state index is 13.6. The number of nitrogens with zero attached hydrogens (tertiary/aromatic N) is 1. The Kier molecular flexibility index (Phi) is 4.42. The van der Waals surface area contributed by atoms with Crippen molar-refractivity contribution in [1.29, 1.82) is 0 Å². The number of hydrogen-bond donors (Lipinski definition) is 1. The van der Waals surface area contributed by atoms with Crippen molar-refractivity contribution in [2.45, 2.75) is 26.1 Å². The molecule has 2 amide bonds. The molecule has 1 aromatic carbocycles. The number of amides is 2. The van der Waals surface area contributed by atoms with Crippen molar-refractivity contribution in [3.63, 3.8) is 0 Å². The fraction of sp³-hybridized carbons (Fsp3) is 0.462. The van der Waals surface area contributed by atoms with Crippen LogP contribution < -0.4 is 5.32 Å². The molecule has 4 nitrogen and oxygen atoms in total. The molecule has 0 aliphatic carbocycles. The Morgan fingerprint density at radius 3 is 2.63 bits per heavy atom. The number of anilines is 1. The van der Waals surface area contributed by atoms with Gasteiger partial charge in [-0.25, -0.2) is 9.18 Å². The highest BCUT2D eigenvalue weighted by molar-refractivity contribution is 9.10. The number of hydrogen-bond acceptors (Lipinski definition) is 2. The van der Waals surface area contributed by atoms with Gasteiger partial charge in [-0.15, -0.1) is 0 Å². The molecule has 1 aromatic rings. The lowest BCUT2D eigenvalue weighted by atomic mass is 10.2. The summed E-state index contributed by atoms with van der Waals surface area (Å²) >= 11 is 3.18. The van der Waals surface area contributed by atoms with Crippen LogP contribution in [0.15, 0.2) is 22.7 Å². The van der Waals surface area contributed by atoms with Gasteiger partial charge in [0.15, 0.2) is 0 Å². The summed E-state index contributed by atoms with van der Waals surface area (Å²) in [5.74, 6) is -0.461. The molecule has 104 valence electrons. The van der Waals surface area contributed by atoms with Crippen molar-refractivity contribution in [2.75, 3.05) is 18.4 Å². The third-order valence-corrected chi connectivity index (χ3v) is 3.37. The van der Waals surface area contributed by atoms with E-state index in [9.17, 15) is 9.18 Å². The predicted molar refractivity (Wildman–Crippen MR) is 74.7 cm³/mol. The van der Waals surface area contributed by atoms with Crippen molar-refractivity contribution in [1.82, 2.24) is 4.90 Å². The summed E-state index contributed by atoms with van der Waals surface area (Å²) in [5, 5.41) is 2.58. The molecule has 0 saturated carbocycles. The Balaban J connectivity index is 2.04. The van der Waals surface area contributed by atoms with Gasteiger partial charge in [0.25, 0.3) is 0 Å². The Morgan fingerprint density at radius 2 is 2.05 bits per heavy atom. The first kappa shape index (κ1) is 14.3. The van der Waals surface area contributed by atoms with E-state index in [4.69, 9.17) is 4.74 Å². The molecule has 2 rings (SSSR count). The first-order chi connectivity index (χ1) is 8.95. The number of carbonyl (C=O) groups excluding carboxylic acids is 1. The average molecular weight is 331 g/mol. The number of nitrogens with one attached hydrogen (secondary N) is 1. The second kappa shape index (κ2) is 5.88. The number of benzene rings is 1. The second-order valence-electron chi connectivity index (χ2n) is 4.72. The molecule has 0 radical (unpaired) electrons. The zero-order valence-corrected chi connectivity index (χ0v) is 12.4. The summed E-state index contributed by atoms with van der Waals surface area (Å²) in [6.45, 7) is 4.84. The summed E-state index contributed by atoms with van der Waals surface area (Å²) in [7, 11) is 0. The minimum atomic E-state index is -0.461. The first-order valence-electron chi connectivity index (χ1n) is 6.12. The minimum absolute atomic E-state index is 0.00994. The van der Waals surface area contributed by atoms with Gasteiger partial charge in [-0.2, -0.15) is 0 Å². The zero-order valence-electron chi connectivity index (χ0n) is 10.8. The minimum Gasteiger partial charge on any atom is -0.372 e. The highest BCUT2D eigenvalue weighted by atomic mass is 79.9. The van der Waals surface area contributed by atoms with E-state index in [-0.39, 0.29) is 23.9 Å². The van der Waals surface area contributed by atoms with Crippen molar-refractivity contribution < 1.29 is 13.9 Å². The van der Waals surface area contributed by atoms with Gasteiger partial charge in [-0.3, -0.25) is 0 Å². The number of rotatable bonds is 1. The van der Waals surface area contributed by atoms with Gasteiger partial charge in [0.2, 0.25) is 0 Å². The Hall–Kier alpha value is -1.14. The van der Waals surface area contributed by atoms with Gasteiger partial charge in [-0.1, -0.05) is 15.9 Å². The summed E-state index contributed by atoms with van der Waals surface area (Å²) in [6.07, 6.45) is -0.0199. The monoisotopic (exact) mass is 330 g/mol. The largest absolute Gasteiger partial charge is 0.372 e. The van der Waals surface area contributed by atoms with E-state index in [0.29, 0.717) is 17.6 Å². The van der Waals surface area contributed by atoms with Gasteiger partial charge in [0, 0.05) is 17.6 Å². The molecule has 1 saturated heterocycles. The molecular weight excluding hydrogens is 315 g/mol. The molecule has 1 aliphatic heterocycles. The van der Waals surface area contributed by atoms with E-state index < -0.39 is 5.82 Å². The van der Waals surface area contributed by atoms with E-state index in [1.54, 1.807) is 11.0 Å². The lowest BCUT2D eigenvalue weighted by Gasteiger charge is -2.35. The Bertz CT molecular complexity index is 474. The molecule has 0 bridgehead atoms. The molecule has 1 fully saturated rings. The van der Waals surface area contributed by atoms with E-state index in [0.717, 1.165) is 0 Å². The van der Waals surface area contributed by atoms with Crippen molar-refractivity contribution in [3.05, 3.63) is 28.5 Å². The van der Waals surface area contributed by atoms with Gasteiger partial charge in [0.1, 0.15) is 5.82 Å². The molecule has 1 heterocycles. The fourth-order valence-electron chi connectivity index (χ4n) is 2.13. The normalized spacial score (nSPS) is 23.3. The van der Waals surface area contributed by atoms with E-state index in [1.165, 1.54) is 12.1 Å². The Morgan fingerprint density at radius 1 is 1.42 bits per heavy atom. The van der Waals surface area contributed by atoms with Crippen molar-refractivity contribution in [2.24, 2.45) is 0 Å². The maximum Gasteiger partial charge on any atom is 0.322 e. The van der Waals surface area contributed by atoms with Crippen LogP contribution in [0.5, 0.6) is 0 Å². The van der Waals surface area contributed by atoms with Crippen LogP contribution in [0, 0.1) is 5.82 Å². The number of morpholine rings is 1. The van der Waals surface area contributed by atoms with Crippen LogP contribution in [-0.2, 0) is 4.74 Å². The van der Waals surface area contributed by atoms with Gasteiger partial charge in [-0.05, 0) is 32.0 Å². The summed E-state index contributed by atoms with van der Waals surface area (Å²) in [5.41, 5.74) is 0.181. The number of urea groups is 1. The zero-order chi connectivity index (χ0) is 14.0. The molecule has 1 N–H and O–H groups in total. The summed E-state index contributed by atoms with van der Waals surface area (Å²) < 4.78 is 19.8. The van der Waals surface area contributed by atoms with Gasteiger partial charge >= 0.3 is 6.03 Å². The quantitative estimate of drug-likeness (QED) is 0.858. The van der Waals surface area contributed by atoms with E-state index in [2.05, 4.69) is 21.2 Å². The van der Waals surface area contributed by atoms with Crippen LogP contribution in [0.3, 0.4) is 0 Å². The van der Waals surface area contributed by atoms with Crippen LogP contribution in [0.4, 0.5) is 14.9 Å². The van der Waals surface area contributed by atoms with Crippen LogP contribution in [0.1, 0.15) is 13.8 Å². The molecule has 0 aromatic heterocycles. The van der Waals surface area contributed by atoms with Gasteiger partial charge in [0.05, 0.1) is 17.9 Å². The standard InChI is InChI=1S/C13H16BrFN2O2/c1-8-6-17(7-9(2)19-8)13(18)16-12-4-3-10(14)5-11(12)15/h3-5,8-9H,6-7H2,1-2H3,(H,16,18). The number of halogens is 2. The highest BCUT2D eigenvalue weighted by Crippen LogP contribution is 2.20. The predicted octanol–water partition coefficient (Wildman–Crippen LogP) is 3.23. The fourth-order valence-corrected chi connectivity index (χ4v) is 2.46. The van der Waals surface area contributed by atoms with Crippen LogP contribution >= 0.6 is 15.9 Å². The molecule has 6 heteroatoms. The summed E-state index contributed by atoms with van der Waals surface area (Å²) in [4.78, 5) is 13.7. The summed E-state index contributed by atoms with van der Waals surface area (Å²) in [6, 6.07) is 4.23. The lowest BCUT2D eigenvalue weighted by Crippen LogP contribution is -2.49. The van der Waals surface area contributed by atoms with Crippen LogP contribution in [0.2, 0.25) is 0 Å². The van der Waals surface area contributed by atoms with Gasteiger partial charge < -0.3 is 15.0 Å². The van der Waals surface area contributed by atoms with Crippen molar-refractivity contribution >= 4 is 27.6 Å². The lowest BCUT2D eigenvalue weighted by molar-refractivity contribution is -0.0530. The van der Waals surface area contributed by atoms with Crippen molar-refractivity contribution in [3.8, 4) is 0 Å². The number of carbonyl (C=O) groups is 1. The van der Waals surface area contributed by atoms with Crippen LogP contribution in [-0.4, -0.2) is 36.2 Å². The molecule has 1 aliphatic rings. The number of ether oxygens (including phenoxy) is 1. The average Bonchev–Trinajstić information content (AvgIpc) is 2.31. The first-order valence-corrected chi connectivity index (χ1v) is 6.91. The molecule has 2 unspecified atom stereocenters. The molecule has 2 atom stereocenters. The van der Waals surface area contributed by atoms with E-state index in [1.807, 2.05) is 13.8 Å². The smallest absolute Gasteiger partial charge is 0.322 e. The highest BCUT2D eigenvalue weighted by Gasteiger charge is 2.26. The molecule has 0 spiro atoms. The van der Waals surface area contributed by atoms with Crippen LogP contribution in [0.25, 0.3) is 0 Å². The molecular formula is C13H16BrFN2O2. The topological polar surface area (TPSA) is 41.6 Å². The maximum atomic E-state index is 13.6. The second-order valence-corrected chi connectivity index (χ2v) is 5.63. The van der Waals surface area contributed by atoms with E-state index >= 15 is 0 Å². The molecule has 19 heavy (non-hydrogen) atoms. The third-order valence-electron chi connectivity index (χ3n) is 2.88. The third kappa shape index (κ3) is 3.67.